The van der Waals surface area contributed by atoms with E-state index in [2.05, 4.69) is 51.4 Å². The predicted molar refractivity (Wildman–Crippen MR) is 77.9 cm³/mol. The summed E-state index contributed by atoms with van der Waals surface area (Å²) in [5.74, 6) is 0. The summed E-state index contributed by atoms with van der Waals surface area (Å²) in [6.07, 6.45) is 4.46. The van der Waals surface area contributed by atoms with Gasteiger partial charge >= 0.3 is 0 Å². The van der Waals surface area contributed by atoms with Gasteiger partial charge in [-0.2, -0.15) is 0 Å². The van der Waals surface area contributed by atoms with E-state index in [-0.39, 0.29) is 6.10 Å². The number of aromatic nitrogens is 1. The van der Waals surface area contributed by atoms with Crippen LogP contribution in [0.2, 0.25) is 0 Å². The molecule has 1 aromatic heterocycles. The Morgan fingerprint density at radius 3 is 2.59 bits per heavy atom. The Hall–Kier alpha value is -0.810. The summed E-state index contributed by atoms with van der Waals surface area (Å²) in [5, 5.41) is 9.73. The number of hydrogen-bond donors (Lipinski definition) is 1. The number of rotatable bonds is 4. The van der Waals surface area contributed by atoms with Gasteiger partial charge in [0.15, 0.2) is 0 Å². The summed E-state index contributed by atoms with van der Waals surface area (Å²) in [7, 11) is 0. The molecule has 0 radical (unpaired) electrons. The van der Waals surface area contributed by atoms with E-state index in [1.54, 1.807) is 0 Å². The molecule has 0 saturated carbocycles. The molecule has 2 aromatic rings. The number of hydrogen-bond acceptors (Lipinski definition) is 1. The van der Waals surface area contributed by atoms with E-state index in [0.717, 1.165) is 18.5 Å². The summed E-state index contributed by atoms with van der Waals surface area (Å²) in [6, 6.07) is 10.5. The molecule has 1 N–H and O–H groups in total. The molecule has 1 aromatic carbocycles. The van der Waals surface area contributed by atoms with Gasteiger partial charge < -0.3 is 9.67 Å². The van der Waals surface area contributed by atoms with Gasteiger partial charge in [0, 0.05) is 22.5 Å². The van der Waals surface area contributed by atoms with Crippen LogP contribution in [0.1, 0.15) is 30.6 Å². The fourth-order valence-electron chi connectivity index (χ4n) is 1.79. The molecule has 0 aliphatic rings. The third-order valence-corrected chi connectivity index (χ3v) is 3.54. The van der Waals surface area contributed by atoms with Gasteiger partial charge in [-0.05, 0) is 58.3 Å². The summed E-state index contributed by atoms with van der Waals surface area (Å²) < 4.78 is 3.36. The molecular formula is C14H16INO. The van der Waals surface area contributed by atoms with E-state index in [4.69, 9.17) is 0 Å². The lowest BCUT2D eigenvalue weighted by Crippen LogP contribution is -1.97. The first-order valence-corrected chi connectivity index (χ1v) is 6.85. The smallest absolute Gasteiger partial charge is 0.0802 e. The lowest BCUT2D eigenvalue weighted by atomic mass is 10.1. The molecule has 1 unspecified atom stereocenters. The average Bonchev–Trinajstić information content (AvgIpc) is 2.80. The molecule has 1 heterocycles. The number of nitrogens with zero attached hydrogens (tertiary/aromatic N) is 1. The van der Waals surface area contributed by atoms with E-state index < -0.39 is 0 Å². The monoisotopic (exact) mass is 341 g/mol. The molecule has 0 spiro atoms. The molecule has 1 atom stereocenters. The lowest BCUT2D eigenvalue weighted by molar-refractivity contribution is 0.173. The van der Waals surface area contributed by atoms with Gasteiger partial charge in [0.1, 0.15) is 0 Å². The number of aliphatic hydroxyl groups excluding tert-OH is 1. The van der Waals surface area contributed by atoms with E-state index in [9.17, 15) is 5.11 Å². The fourth-order valence-corrected chi connectivity index (χ4v) is 2.15. The molecule has 0 aliphatic heterocycles. The SMILES string of the molecule is CCC(O)c1ccn(Cc2ccc(I)cc2)c1. The minimum absolute atomic E-state index is 0.340. The minimum Gasteiger partial charge on any atom is -0.388 e. The topological polar surface area (TPSA) is 25.2 Å². The number of halogens is 1. The van der Waals surface area contributed by atoms with Crippen LogP contribution in [-0.4, -0.2) is 9.67 Å². The largest absolute Gasteiger partial charge is 0.388 e. The minimum atomic E-state index is -0.340. The Bertz CT molecular complexity index is 475. The molecule has 0 amide bonds. The molecular weight excluding hydrogens is 325 g/mol. The van der Waals surface area contributed by atoms with Crippen LogP contribution in [0.25, 0.3) is 0 Å². The zero-order valence-electron chi connectivity index (χ0n) is 9.81. The Morgan fingerprint density at radius 2 is 1.94 bits per heavy atom. The Labute approximate surface area is 115 Å². The van der Waals surface area contributed by atoms with Crippen LogP contribution in [0, 0.1) is 3.57 Å². The molecule has 0 bridgehead atoms. The number of benzene rings is 1. The van der Waals surface area contributed by atoms with Gasteiger partial charge in [-0.1, -0.05) is 19.1 Å². The van der Waals surface area contributed by atoms with Crippen LogP contribution in [0.3, 0.4) is 0 Å². The fraction of sp³-hybridized carbons (Fsp3) is 0.286. The highest BCUT2D eigenvalue weighted by molar-refractivity contribution is 14.1. The summed E-state index contributed by atoms with van der Waals surface area (Å²) in [5.41, 5.74) is 2.27. The predicted octanol–water partition coefficient (Wildman–Crippen LogP) is 3.58. The quantitative estimate of drug-likeness (QED) is 0.845. The first-order chi connectivity index (χ1) is 8.19. The van der Waals surface area contributed by atoms with E-state index in [0.29, 0.717) is 0 Å². The van der Waals surface area contributed by atoms with Crippen molar-refractivity contribution in [2.24, 2.45) is 0 Å². The maximum absolute atomic E-state index is 9.73. The van der Waals surface area contributed by atoms with Crippen molar-refractivity contribution in [3.8, 4) is 0 Å². The van der Waals surface area contributed by atoms with Crippen LogP contribution in [0.15, 0.2) is 42.7 Å². The van der Waals surface area contributed by atoms with Crippen molar-refractivity contribution >= 4 is 22.6 Å². The van der Waals surface area contributed by atoms with Crippen molar-refractivity contribution in [1.29, 1.82) is 0 Å². The van der Waals surface area contributed by atoms with Gasteiger partial charge in [-0.3, -0.25) is 0 Å². The van der Waals surface area contributed by atoms with Crippen molar-refractivity contribution < 1.29 is 5.11 Å². The van der Waals surface area contributed by atoms with Gasteiger partial charge in [0.2, 0.25) is 0 Å². The van der Waals surface area contributed by atoms with Crippen LogP contribution >= 0.6 is 22.6 Å². The molecule has 17 heavy (non-hydrogen) atoms. The van der Waals surface area contributed by atoms with E-state index in [1.807, 2.05) is 25.4 Å². The van der Waals surface area contributed by atoms with Crippen molar-refractivity contribution in [2.45, 2.75) is 26.0 Å². The van der Waals surface area contributed by atoms with Gasteiger partial charge in [-0.15, -0.1) is 0 Å². The summed E-state index contributed by atoms with van der Waals surface area (Å²) >= 11 is 2.31. The van der Waals surface area contributed by atoms with Gasteiger partial charge in [0.05, 0.1) is 6.10 Å². The van der Waals surface area contributed by atoms with Crippen molar-refractivity contribution in [3.63, 3.8) is 0 Å². The summed E-state index contributed by atoms with van der Waals surface area (Å²) in [6.45, 7) is 2.84. The maximum atomic E-state index is 9.73. The maximum Gasteiger partial charge on any atom is 0.0802 e. The van der Waals surface area contributed by atoms with Crippen LogP contribution in [0.5, 0.6) is 0 Å². The molecule has 3 heteroatoms. The zero-order chi connectivity index (χ0) is 12.3. The normalized spacial score (nSPS) is 12.6. The molecule has 2 nitrogen and oxygen atoms in total. The van der Waals surface area contributed by atoms with E-state index >= 15 is 0 Å². The Balaban J connectivity index is 2.08. The first-order valence-electron chi connectivity index (χ1n) is 5.77. The first kappa shape index (κ1) is 12.6. The van der Waals surface area contributed by atoms with Crippen molar-refractivity contribution in [3.05, 3.63) is 57.4 Å². The molecule has 2 rings (SSSR count). The molecule has 0 aliphatic carbocycles. The van der Waals surface area contributed by atoms with Gasteiger partial charge in [0.25, 0.3) is 0 Å². The average molecular weight is 341 g/mol. The highest BCUT2D eigenvalue weighted by Crippen LogP contribution is 2.17. The van der Waals surface area contributed by atoms with Crippen molar-refractivity contribution in [2.75, 3.05) is 0 Å². The Morgan fingerprint density at radius 1 is 1.24 bits per heavy atom. The van der Waals surface area contributed by atoms with E-state index in [1.165, 1.54) is 9.13 Å². The third-order valence-electron chi connectivity index (χ3n) is 2.82. The highest BCUT2D eigenvalue weighted by atomic mass is 127. The summed E-state index contributed by atoms with van der Waals surface area (Å²) in [4.78, 5) is 0. The second-order valence-electron chi connectivity index (χ2n) is 4.17. The molecule has 0 fully saturated rings. The second kappa shape index (κ2) is 5.69. The van der Waals surface area contributed by atoms with Gasteiger partial charge in [-0.25, -0.2) is 0 Å². The van der Waals surface area contributed by atoms with Crippen LogP contribution in [-0.2, 0) is 6.54 Å². The van der Waals surface area contributed by atoms with Crippen LogP contribution in [0.4, 0.5) is 0 Å². The van der Waals surface area contributed by atoms with Crippen molar-refractivity contribution in [1.82, 2.24) is 4.57 Å². The third kappa shape index (κ3) is 3.33. The lowest BCUT2D eigenvalue weighted by Gasteiger charge is -2.05. The molecule has 0 saturated heterocycles. The standard InChI is InChI=1S/C14H16INO/c1-2-14(17)12-7-8-16(10-12)9-11-3-5-13(15)6-4-11/h3-8,10,14,17H,2,9H2,1H3. The molecule has 90 valence electrons. The zero-order valence-corrected chi connectivity index (χ0v) is 12.0. The highest BCUT2D eigenvalue weighted by Gasteiger charge is 2.06. The van der Waals surface area contributed by atoms with Crippen LogP contribution < -0.4 is 0 Å². The Kier molecular flexibility index (Phi) is 4.23. The second-order valence-corrected chi connectivity index (χ2v) is 5.41. The number of aliphatic hydroxyl groups is 1.